The lowest BCUT2D eigenvalue weighted by Crippen LogP contribution is -2.61. The molecule has 10 nitrogen and oxygen atoms in total. The highest BCUT2D eigenvalue weighted by molar-refractivity contribution is 5.92. The van der Waals surface area contributed by atoms with Crippen LogP contribution >= 0.6 is 0 Å². The maximum absolute atomic E-state index is 12.4. The van der Waals surface area contributed by atoms with Crippen molar-refractivity contribution in [2.24, 2.45) is 11.7 Å². The molecule has 37 heavy (non-hydrogen) atoms. The second-order valence-corrected chi connectivity index (χ2v) is 10.2. The molecule has 10 heteroatoms. The summed E-state index contributed by atoms with van der Waals surface area (Å²) in [7, 11) is 0. The maximum atomic E-state index is 12.4. The average Bonchev–Trinajstić information content (AvgIpc) is 2.92. The van der Waals surface area contributed by atoms with Gasteiger partial charge in [-0.3, -0.25) is 4.79 Å². The summed E-state index contributed by atoms with van der Waals surface area (Å²) in [5, 5.41) is 42.5. The van der Waals surface area contributed by atoms with E-state index in [1.165, 1.54) is 51.4 Å². The number of aliphatic hydroxyl groups excluding tert-OH is 3. The van der Waals surface area contributed by atoms with Crippen LogP contribution in [0.1, 0.15) is 76.2 Å². The topological polar surface area (TPSA) is 172 Å². The molecule has 1 saturated heterocycles. The summed E-state index contributed by atoms with van der Waals surface area (Å²) < 4.78 is 11.0. The molecule has 1 aliphatic heterocycles. The number of carboxylic acids is 1. The lowest BCUT2D eigenvalue weighted by atomic mass is 9.89. The fourth-order valence-electron chi connectivity index (χ4n) is 5.13. The standard InChI is InChI=1S/C27H42N2O8/c28-14-13-21(30)29-19-16-18(15-17-9-7-5-3-1-2-4-6-8-10-17)11-12-20(19)36-27-24(33)22(31)23(32)25(37-27)26(34)35/h11-12,16-17,22-25,27,31-33H,1-10,13-15,28H2,(H,29,30)(H,34,35)/t22-,23-,24+,25-,27+/m0/s1. The van der Waals surface area contributed by atoms with Gasteiger partial charge in [0.05, 0.1) is 5.69 Å². The van der Waals surface area contributed by atoms with Gasteiger partial charge in [-0.2, -0.15) is 0 Å². The number of aliphatic carboxylic acids is 1. The molecule has 7 N–H and O–H groups in total. The maximum Gasteiger partial charge on any atom is 0.335 e. The summed E-state index contributed by atoms with van der Waals surface area (Å²) in [4.78, 5) is 23.8. The second kappa shape index (κ2) is 14.6. The molecule has 1 aliphatic carbocycles. The minimum atomic E-state index is -1.82. The van der Waals surface area contributed by atoms with Crippen LogP contribution in [0, 0.1) is 5.92 Å². The van der Waals surface area contributed by atoms with E-state index in [1.54, 1.807) is 6.07 Å². The van der Waals surface area contributed by atoms with Crippen molar-refractivity contribution in [3.63, 3.8) is 0 Å². The smallest absolute Gasteiger partial charge is 0.335 e. The normalized spacial score (nSPS) is 28.2. The number of nitrogens with one attached hydrogen (secondary N) is 1. The summed E-state index contributed by atoms with van der Waals surface area (Å²) in [6, 6.07) is 5.35. The van der Waals surface area contributed by atoms with Crippen molar-refractivity contribution in [1.29, 1.82) is 0 Å². The van der Waals surface area contributed by atoms with Crippen LogP contribution in [0.15, 0.2) is 18.2 Å². The summed E-state index contributed by atoms with van der Waals surface area (Å²) in [5.41, 5.74) is 6.90. The molecule has 1 amide bonds. The SMILES string of the molecule is NCCC(=O)Nc1cc(CC2CCCCCCCCCC2)ccc1O[C@@H]1O[C@H](C(=O)O)[C@@H](O)[C@H](O)[C@H]1O. The summed E-state index contributed by atoms with van der Waals surface area (Å²) in [5.74, 6) is -1.13. The van der Waals surface area contributed by atoms with E-state index >= 15 is 0 Å². The van der Waals surface area contributed by atoms with Crippen LogP contribution in [-0.2, 0) is 20.7 Å². The lowest BCUT2D eigenvalue weighted by Gasteiger charge is -2.38. The molecule has 0 spiro atoms. The molecule has 1 aromatic rings. The Balaban J connectivity index is 1.78. The van der Waals surface area contributed by atoms with Crippen LogP contribution in [0.3, 0.4) is 0 Å². The Kier molecular flexibility index (Phi) is 11.6. The third kappa shape index (κ3) is 8.65. The predicted octanol–water partition coefficient (Wildman–Crippen LogP) is 2.32. The van der Waals surface area contributed by atoms with Crippen molar-refractivity contribution in [2.75, 3.05) is 11.9 Å². The fourth-order valence-corrected chi connectivity index (χ4v) is 5.13. The zero-order valence-corrected chi connectivity index (χ0v) is 21.4. The number of carbonyl (C=O) groups is 2. The first-order chi connectivity index (χ1) is 17.8. The third-order valence-corrected chi connectivity index (χ3v) is 7.24. The Bertz CT molecular complexity index is 870. The number of carboxylic acid groups (broad SMARTS) is 1. The van der Waals surface area contributed by atoms with Crippen LogP contribution in [-0.4, -0.2) is 69.6 Å². The van der Waals surface area contributed by atoms with Crippen molar-refractivity contribution >= 4 is 17.6 Å². The van der Waals surface area contributed by atoms with E-state index in [2.05, 4.69) is 5.32 Å². The molecule has 0 radical (unpaired) electrons. The van der Waals surface area contributed by atoms with Gasteiger partial charge < -0.3 is 41.0 Å². The molecular formula is C27H42N2O8. The van der Waals surface area contributed by atoms with Gasteiger partial charge in [0, 0.05) is 13.0 Å². The van der Waals surface area contributed by atoms with Crippen molar-refractivity contribution in [2.45, 2.75) is 108 Å². The minimum Gasteiger partial charge on any atom is -0.479 e. The highest BCUT2D eigenvalue weighted by Gasteiger charge is 2.48. The van der Waals surface area contributed by atoms with Crippen molar-refractivity contribution in [1.82, 2.24) is 0 Å². The summed E-state index contributed by atoms with van der Waals surface area (Å²) in [6.07, 6.45) is 4.76. The van der Waals surface area contributed by atoms with Gasteiger partial charge in [0.25, 0.3) is 0 Å². The lowest BCUT2D eigenvalue weighted by molar-refractivity contribution is -0.271. The van der Waals surface area contributed by atoms with E-state index in [9.17, 15) is 30.0 Å². The zero-order chi connectivity index (χ0) is 26.8. The molecule has 1 saturated carbocycles. The van der Waals surface area contributed by atoms with E-state index in [-0.39, 0.29) is 24.6 Å². The number of rotatable bonds is 8. The number of nitrogens with two attached hydrogens (primary N) is 1. The van der Waals surface area contributed by atoms with Crippen molar-refractivity contribution in [3.05, 3.63) is 23.8 Å². The van der Waals surface area contributed by atoms with Gasteiger partial charge in [0.15, 0.2) is 6.10 Å². The molecule has 208 valence electrons. The second-order valence-electron chi connectivity index (χ2n) is 10.2. The van der Waals surface area contributed by atoms with E-state index < -0.39 is 36.7 Å². The zero-order valence-electron chi connectivity index (χ0n) is 21.4. The van der Waals surface area contributed by atoms with E-state index in [4.69, 9.17) is 15.2 Å². The van der Waals surface area contributed by atoms with E-state index in [1.807, 2.05) is 12.1 Å². The van der Waals surface area contributed by atoms with Gasteiger partial charge in [-0.15, -0.1) is 0 Å². The Morgan fingerprint density at radius 2 is 1.57 bits per heavy atom. The number of amides is 1. The Hall–Kier alpha value is -2.24. The Morgan fingerprint density at radius 3 is 2.16 bits per heavy atom. The van der Waals surface area contributed by atoms with Gasteiger partial charge in [-0.25, -0.2) is 4.79 Å². The third-order valence-electron chi connectivity index (χ3n) is 7.24. The van der Waals surface area contributed by atoms with E-state index in [0.29, 0.717) is 11.6 Å². The van der Waals surface area contributed by atoms with Crippen molar-refractivity contribution < 1.29 is 39.5 Å². The van der Waals surface area contributed by atoms with E-state index in [0.717, 1.165) is 24.8 Å². The van der Waals surface area contributed by atoms with Gasteiger partial charge in [0.1, 0.15) is 24.1 Å². The van der Waals surface area contributed by atoms with Crippen LogP contribution < -0.4 is 15.8 Å². The molecule has 1 heterocycles. The molecule has 1 aromatic carbocycles. The Morgan fingerprint density at radius 1 is 0.946 bits per heavy atom. The van der Waals surface area contributed by atoms with Gasteiger partial charge in [-0.05, 0) is 30.0 Å². The number of carbonyl (C=O) groups excluding carboxylic acids is 1. The summed E-state index contributed by atoms with van der Waals surface area (Å²) >= 11 is 0. The molecule has 0 bridgehead atoms. The number of hydrogen-bond donors (Lipinski definition) is 6. The average molecular weight is 523 g/mol. The number of hydrogen-bond acceptors (Lipinski definition) is 8. The molecular weight excluding hydrogens is 480 g/mol. The molecule has 2 aliphatic rings. The minimum absolute atomic E-state index is 0.0981. The largest absolute Gasteiger partial charge is 0.479 e. The van der Waals surface area contributed by atoms with Crippen LogP contribution in [0.4, 0.5) is 5.69 Å². The van der Waals surface area contributed by atoms with Crippen LogP contribution in [0.25, 0.3) is 0 Å². The van der Waals surface area contributed by atoms with Crippen molar-refractivity contribution in [3.8, 4) is 5.75 Å². The number of ether oxygens (including phenoxy) is 2. The molecule has 5 atom stereocenters. The fraction of sp³-hybridized carbons (Fsp3) is 0.704. The molecule has 0 aromatic heterocycles. The van der Waals surface area contributed by atoms with Crippen LogP contribution in [0.2, 0.25) is 0 Å². The highest BCUT2D eigenvalue weighted by atomic mass is 16.7. The monoisotopic (exact) mass is 522 g/mol. The van der Waals surface area contributed by atoms with Gasteiger partial charge >= 0.3 is 5.97 Å². The Labute approximate surface area is 218 Å². The summed E-state index contributed by atoms with van der Waals surface area (Å²) in [6.45, 7) is 0.165. The van der Waals surface area contributed by atoms with Crippen LogP contribution in [0.5, 0.6) is 5.75 Å². The number of anilines is 1. The predicted molar refractivity (Wildman–Crippen MR) is 137 cm³/mol. The molecule has 0 unspecified atom stereocenters. The molecule has 3 rings (SSSR count). The molecule has 2 fully saturated rings. The highest BCUT2D eigenvalue weighted by Crippen LogP contribution is 2.33. The van der Waals surface area contributed by atoms with Gasteiger partial charge in [-0.1, -0.05) is 70.3 Å². The van der Waals surface area contributed by atoms with Gasteiger partial charge in [0.2, 0.25) is 12.2 Å². The first kappa shape index (κ1) is 29.3. The first-order valence-corrected chi connectivity index (χ1v) is 13.5. The number of benzene rings is 1. The quantitative estimate of drug-likeness (QED) is 0.300. The number of aliphatic hydroxyl groups is 3. The first-order valence-electron chi connectivity index (χ1n) is 13.5.